The summed E-state index contributed by atoms with van der Waals surface area (Å²) in [6.07, 6.45) is 2.06. The second kappa shape index (κ2) is 13.8. The smallest absolute Gasteiger partial charge is 0.326 e. The molecule has 13 nitrogen and oxygen atoms in total. The first-order valence-electron chi connectivity index (χ1n) is 14.0. The van der Waals surface area contributed by atoms with Gasteiger partial charge in [0.1, 0.15) is 23.9 Å². The van der Waals surface area contributed by atoms with Crippen molar-refractivity contribution in [2.24, 2.45) is 5.73 Å². The molecule has 43 heavy (non-hydrogen) atoms. The molecule has 4 atom stereocenters. The molecule has 3 amide bonds. The minimum atomic E-state index is -1.22. The van der Waals surface area contributed by atoms with Gasteiger partial charge in [0.2, 0.25) is 17.7 Å². The molecule has 1 aromatic heterocycles. The number of rotatable bonds is 13. The van der Waals surface area contributed by atoms with Crippen LogP contribution in [0, 0.1) is 0 Å². The van der Waals surface area contributed by atoms with Gasteiger partial charge in [0.15, 0.2) is 0 Å². The molecule has 0 aliphatic carbocycles. The van der Waals surface area contributed by atoms with Crippen LogP contribution >= 0.6 is 0 Å². The fraction of sp³-hybridized carbons (Fsp3) is 0.367. The molecule has 13 heteroatoms. The largest absolute Gasteiger partial charge is 0.508 e. The number of amides is 3. The van der Waals surface area contributed by atoms with Crippen LogP contribution in [0.2, 0.25) is 0 Å². The fourth-order valence-corrected chi connectivity index (χ4v) is 5.25. The van der Waals surface area contributed by atoms with Crippen molar-refractivity contribution >= 4 is 40.6 Å². The van der Waals surface area contributed by atoms with Crippen molar-refractivity contribution in [3.05, 3.63) is 65.9 Å². The van der Waals surface area contributed by atoms with Gasteiger partial charge in [-0.05, 0) is 48.6 Å². The van der Waals surface area contributed by atoms with Gasteiger partial charge in [0, 0.05) is 42.9 Å². The lowest BCUT2D eigenvalue weighted by Crippen LogP contribution is -2.58. The Kier molecular flexibility index (Phi) is 9.99. The van der Waals surface area contributed by atoms with Crippen LogP contribution in [0.4, 0.5) is 0 Å². The number of carboxylic acid groups (broad SMARTS) is 2. The first-order valence-corrected chi connectivity index (χ1v) is 14.0. The zero-order valence-electron chi connectivity index (χ0n) is 23.4. The van der Waals surface area contributed by atoms with Crippen LogP contribution in [0.3, 0.4) is 0 Å². The second-order valence-corrected chi connectivity index (χ2v) is 10.6. The molecule has 8 N–H and O–H groups in total. The molecule has 4 unspecified atom stereocenters. The number of phenolic OH excluding ortho intramolecular Hbond substituents is 1. The number of nitrogens with two attached hydrogens (primary N) is 1. The highest BCUT2D eigenvalue weighted by atomic mass is 16.4. The highest BCUT2D eigenvalue weighted by molar-refractivity contribution is 5.95. The lowest BCUT2D eigenvalue weighted by molar-refractivity contribution is -0.149. The zero-order chi connectivity index (χ0) is 31.1. The number of carboxylic acids is 2. The summed E-state index contributed by atoms with van der Waals surface area (Å²) in [5.74, 6) is -4.26. The number of phenols is 1. The Balaban J connectivity index is 1.61. The Morgan fingerprint density at radius 3 is 2.35 bits per heavy atom. The molecule has 1 saturated heterocycles. The van der Waals surface area contributed by atoms with Gasteiger partial charge in [0.05, 0.1) is 6.04 Å². The molecule has 0 bridgehead atoms. The number of aromatic amines is 1. The van der Waals surface area contributed by atoms with Gasteiger partial charge in [-0.25, -0.2) is 4.79 Å². The van der Waals surface area contributed by atoms with Crippen molar-refractivity contribution in [3.8, 4) is 5.75 Å². The van der Waals surface area contributed by atoms with Crippen LogP contribution < -0.4 is 16.4 Å². The first kappa shape index (κ1) is 31.0. The molecule has 0 spiro atoms. The molecule has 228 valence electrons. The lowest BCUT2D eigenvalue weighted by atomic mass is 10.0. The van der Waals surface area contributed by atoms with Crippen molar-refractivity contribution in [1.29, 1.82) is 0 Å². The highest BCUT2D eigenvalue weighted by Gasteiger charge is 2.38. The van der Waals surface area contributed by atoms with Gasteiger partial charge >= 0.3 is 11.9 Å². The average Bonchev–Trinajstić information content (AvgIpc) is 3.64. The van der Waals surface area contributed by atoms with E-state index in [1.165, 1.54) is 17.0 Å². The van der Waals surface area contributed by atoms with Gasteiger partial charge in [-0.1, -0.05) is 30.3 Å². The topological polar surface area (TPSA) is 215 Å². The van der Waals surface area contributed by atoms with E-state index in [1.54, 1.807) is 18.3 Å². The molecule has 1 aliphatic heterocycles. The number of nitrogens with one attached hydrogen (secondary N) is 3. The van der Waals surface area contributed by atoms with E-state index in [-0.39, 0.29) is 38.0 Å². The summed E-state index contributed by atoms with van der Waals surface area (Å²) in [5.41, 5.74) is 8.03. The molecule has 2 aromatic carbocycles. The third-order valence-electron chi connectivity index (χ3n) is 7.55. The molecule has 0 radical (unpaired) electrons. The number of aromatic hydroxyl groups is 1. The summed E-state index contributed by atoms with van der Waals surface area (Å²) in [4.78, 5) is 67.7. The van der Waals surface area contributed by atoms with Crippen LogP contribution in [0.15, 0.2) is 54.7 Å². The monoisotopic (exact) mass is 593 g/mol. The minimum absolute atomic E-state index is 0.00691. The summed E-state index contributed by atoms with van der Waals surface area (Å²) >= 11 is 0. The van der Waals surface area contributed by atoms with Crippen molar-refractivity contribution in [2.75, 3.05) is 6.54 Å². The zero-order valence-corrected chi connectivity index (χ0v) is 23.4. The second-order valence-electron chi connectivity index (χ2n) is 10.6. The normalized spacial score (nSPS) is 16.8. The first-order chi connectivity index (χ1) is 20.5. The van der Waals surface area contributed by atoms with E-state index < -0.39 is 53.8 Å². The molecule has 2 heterocycles. The number of para-hydroxylation sites is 1. The van der Waals surface area contributed by atoms with Crippen LogP contribution in [0.5, 0.6) is 5.75 Å². The van der Waals surface area contributed by atoms with Crippen molar-refractivity contribution in [1.82, 2.24) is 20.5 Å². The average molecular weight is 594 g/mol. The molecule has 1 aliphatic rings. The van der Waals surface area contributed by atoms with E-state index in [4.69, 9.17) is 10.8 Å². The summed E-state index contributed by atoms with van der Waals surface area (Å²) in [6, 6.07) is 8.82. The quantitative estimate of drug-likeness (QED) is 0.150. The maximum Gasteiger partial charge on any atom is 0.326 e. The summed E-state index contributed by atoms with van der Waals surface area (Å²) < 4.78 is 0. The summed E-state index contributed by atoms with van der Waals surface area (Å²) in [7, 11) is 0. The molecule has 4 rings (SSSR count). The van der Waals surface area contributed by atoms with Crippen molar-refractivity contribution < 1.29 is 39.3 Å². The number of hydrogen-bond acceptors (Lipinski definition) is 7. The van der Waals surface area contributed by atoms with Gasteiger partial charge in [-0.2, -0.15) is 0 Å². The number of fused-ring (bicyclic) bond motifs is 1. The number of hydrogen-bond donors (Lipinski definition) is 7. The Labute approximate surface area is 247 Å². The minimum Gasteiger partial charge on any atom is -0.508 e. The van der Waals surface area contributed by atoms with Crippen molar-refractivity contribution in [3.63, 3.8) is 0 Å². The summed E-state index contributed by atoms with van der Waals surface area (Å²) in [6.45, 7) is 0.224. The van der Waals surface area contributed by atoms with E-state index in [9.17, 15) is 34.2 Å². The molecule has 1 fully saturated rings. The maximum absolute atomic E-state index is 13.8. The summed E-state index contributed by atoms with van der Waals surface area (Å²) in [5, 5.41) is 34.5. The van der Waals surface area contributed by atoms with Crippen LogP contribution in [-0.4, -0.2) is 85.6 Å². The van der Waals surface area contributed by atoms with E-state index in [2.05, 4.69) is 15.6 Å². The Morgan fingerprint density at radius 2 is 1.65 bits per heavy atom. The highest BCUT2D eigenvalue weighted by Crippen LogP contribution is 2.23. The van der Waals surface area contributed by atoms with Crippen molar-refractivity contribution in [2.45, 2.75) is 62.7 Å². The van der Waals surface area contributed by atoms with Crippen LogP contribution in [-0.2, 0) is 36.8 Å². The van der Waals surface area contributed by atoms with Gasteiger partial charge < -0.3 is 41.6 Å². The van der Waals surface area contributed by atoms with E-state index in [0.29, 0.717) is 18.4 Å². The van der Waals surface area contributed by atoms with E-state index in [1.807, 2.05) is 24.3 Å². The molecular weight excluding hydrogens is 558 g/mol. The van der Waals surface area contributed by atoms with Gasteiger partial charge in [-0.15, -0.1) is 0 Å². The Hall–Kier alpha value is -4.91. The van der Waals surface area contributed by atoms with E-state index >= 15 is 0 Å². The van der Waals surface area contributed by atoms with E-state index in [0.717, 1.165) is 16.5 Å². The predicted octanol–water partition coefficient (Wildman–Crippen LogP) is 0.896. The van der Waals surface area contributed by atoms with Gasteiger partial charge in [-0.3, -0.25) is 19.2 Å². The maximum atomic E-state index is 13.8. The van der Waals surface area contributed by atoms with Gasteiger partial charge in [0.25, 0.3) is 0 Å². The third-order valence-corrected chi connectivity index (χ3v) is 7.55. The molecular formula is C30H35N5O8. The number of H-pyrrole nitrogens is 1. The standard InChI is InChI=1S/C30H35N5O8/c31-21(11-12-26(37)38)27(39)33-23(14-17-7-9-19(36)10-8-17)28(40)34-24(29(41)35-13-3-6-25(35)30(42)43)15-18-16-32-22-5-2-1-4-20(18)22/h1-2,4-5,7-10,16,21,23-25,32,36H,3,6,11-15,31H2,(H,33,39)(H,34,40)(H,37,38)(H,42,43). The molecule has 3 aromatic rings. The predicted molar refractivity (Wildman–Crippen MR) is 155 cm³/mol. The lowest BCUT2D eigenvalue weighted by Gasteiger charge is -2.29. The number of aliphatic carboxylic acids is 2. The number of carbonyl (C=O) groups is 5. The van der Waals surface area contributed by atoms with Crippen LogP contribution in [0.25, 0.3) is 10.9 Å². The third kappa shape index (κ3) is 7.89. The fourth-order valence-electron chi connectivity index (χ4n) is 5.25. The Morgan fingerprint density at radius 1 is 0.953 bits per heavy atom. The number of nitrogens with zero attached hydrogens (tertiary/aromatic N) is 1. The SMILES string of the molecule is NC(CCC(=O)O)C(=O)NC(Cc1ccc(O)cc1)C(=O)NC(Cc1c[nH]c2ccccc12)C(=O)N1CCCC1C(=O)O. The number of aromatic nitrogens is 1. The number of likely N-dealkylation sites (tertiary alicyclic amines) is 1. The van der Waals surface area contributed by atoms with Crippen LogP contribution in [0.1, 0.15) is 36.8 Å². The number of benzene rings is 2. The number of carbonyl (C=O) groups excluding carboxylic acids is 3. The Bertz CT molecular complexity index is 1490. The molecule has 0 saturated carbocycles.